The maximum Gasteiger partial charge on any atom is 0.228 e. The van der Waals surface area contributed by atoms with Crippen LogP contribution in [0.5, 0.6) is 5.75 Å². The third kappa shape index (κ3) is 2.29. The number of aromatic hydroxyl groups is 1. The van der Waals surface area contributed by atoms with Crippen LogP contribution in [-0.4, -0.2) is 20.8 Å². The number of aromatic nitrogens is 2. The number of hydrogen-bond donors (Lipinski definition) is 2. The second-order valence-electron chi connectivity index (χ2n) is 5.86. The maximum absolute atomic E-state index is 9.79. The van der Waals surface area contributed by atoms with Crippen molar-refractivity contribution in [2.75, 3.05) is 0 Å². The summed E-state index contributed by atoms with van der Waals surface area (Å²) in [6.45, 7) is 3.71. The molecule has 0 spiro atoms. The fourth-order valence-corrected chi connectivity index (χ4v) is 2.64. The molecule has 1 aromatic heterocycles. The molecule has 1 saturated carbocycles. The highest BCUT2D eigenvalue weighted by Gasteiger charge is 2.34. The Balaban J connectivity index is 1.86. The Kier molecular flexibility index (Phi) is 3.01. The summed E-state index contributed by atoms with van der Waals surface area (Å²) >= 11 is 0. The first-order valence-corrected chi connectivity index (χ1v) is 6.89. The molecule has 0 amide bonds. The average molecular weight is 273 g/mol. The van der Waals surface area contributed by atoms with Gasteiger partial charge in [-0.25, -0.2) is 0 Å². The van der Waals surface area contributed by atoms with Crippen molar-refractivity contribution < 1.29 is 9.63 Å². The standard InChI is InChI=1S/C15H19N3O2/c1-9-6-11(7-10(2)13(9)19)14-17-12(20-18-14)8-15(16)4-3-5-15/h6-7,19H,3-5,8,16H2,1-2H3. The molecule has 3 N–H and O–H groups in total. The first kappa shape index (κ1) is 13.1. The lowest BCUT2D eigenvalue weighted by Crippen LogP contribution is -2.48. The monoisotopic (exact) mass is 273 g/mol. The van der Waals surface area contributed by atoms with Crippen LogP contribution in [0.25, 0.3) is 11.4 Å². The number of hydrogen-bond acceptors (Lipinski definition) is 5. The molecule has 2 aromatic rings. The number of aryl methyl sites for hydroxylation is 2. The first-order chi connectivity index (χ1) is 9.47. The van der Waals surface area contributed by atoms with Crippen LogP contribution in [0.15, 0.2) is 16.7 Å². The first-order valence-electron chi connectivity index (χ1n) is 6.89. The average Bonchev–Trinajstić information content (AvgIpc) is 2.82. The summed E-state index contributed by atoms with van der Waals surface area (Å²) in [7, 11) is 0. The number of phenols is 1. The molecule has 106 valence electrons. The van der Waals surface area contributed by atoms with Crippen molar-refractivity contribution in [3.8, 4) is 17.1 Å². The quantitative estimate of drug-likeness (QED) is 0.897. The number of benzene rings is 1. The predicted octanol–water partition coefficient (Wildman–Crippen LogP) is 2.48. The fraction of sp³-hybridized carbons (Fsp3) is 0.467. The van der Waals surface area contributed by atoms with Crippen LogP contribution in [0.1, 0.15) is 36.3 Å². The molecule has 0 saturated heterocycles. The molecule has 1 aliphatic carbocycles. The highest BCUT2D eigenvalue weighted by atomic mass is 16.5. The van der Waals surface area contributed by atoms with Crippen molar-refractivity contribution in [2.45, 2.75) is 45.1 Å². The van der Waals surface area contributed by atoms with Gasteiger partial charge in [0.25, 0.3) is 0 Å². The van der Waals surface area contributed by atoms with E-state index in [1.807, 2.05) is 26.0 Å². The van der Waals surface area contributed by atoms with Crippen LogP contribution in [0.4, 0.5) is 0 Å². The summed E-state index contributed by atoms with van der Waals surface area (Å²) in [6.07, 6.45) is 3.84. The van der Waals surface area contributed by atoms with Gasteiger partial charge in [0.15, 0.2) is 0 Å². The Hall–Kier alpha value is -1.88. The molecule has 0 radical (unpaired) electrons. The summed E-state index contributed by atoms with van der Waals surface area (Å²) in [5, 5.41) is 13.8. The van der Waals surface area contributed by atoms with E-state index in [4.69, 9.17) is 10.3 Å². The Morgan fingerprint density at radius 1 is 1.30 bits per heavy atom. The molecule has 1 aromatic carbocycles. The second-order valence-corrected chi connectivity index (χ2v) is 5.86. The minimum absolute atomic E-state index is 0.162. The normalized spacial score (nSPS) is 16.9. The zero-order chi connectivity index (χ0) is 14.3. The Morgan fingerprint density at radius 2 is 1.95 bits per heavy atom. The summed E-state index contributed by atoms with van der Waals surface area (Å²) in [5.74, 6) is 1.45. The van der Waals surface area contributed by atoms with E-state index in [9.17, 15) is 5.11 Å². The van der Waals surface area contributed by atoms with Crippen LogP contribution in [0, 0.1) is 13.8 Å². The van der Waals surface area contributed by atoms with E-state index in [2.05, 4.69) is 10.1 Å². The summed E-state index contributed by atoms with van der Waals surface area (Å²) in [4.78, 5) is 4.42. The fourth-order valence-electron chi connectivity index (χ4n) is 2.64. The second kappa shape index (κ2) is 4.59. The van der Waals surface area contributed by atoms with Gasteiger partial charge in [-0.2, -0.15) is 4.98 Å². The van der Waals surface area contributed by atoms with Gasteiger partial charge < -0.3 is 15.4 Å². The third-order valence-electron chi connectivity index (χ3n) is 4.07. The van der Waals surface area contributed by atoms with Crippen molar-refractivity contribution in [1.82, 2.24) is 10.1 Å². The smallest absolute Gasteiger partial charge is 0.228 e. The summed E-state index contributed by atoms with van der Waals surface area (Å²) < 4.78 is 5.30. The number of nitrogens with two attached hydrogens (primary N) is 1. The SMILES string of the molecule is Cc1cc(-c2noc(CC3(N)CCC3)n2)cc(C)c1O. The molecule has 0 unspecified atom stereocenters. The van der Waals surface area contributed by atoms with Gasteiger partial charge in [-0.05, 0) is 56.4 Å². The predicted molar refractivity (Wildman–Crippen MR) is 75.3 cm³/mol. The van der Waals surface area contributed by atoms with Crippen molar-refractivity contribution in [3.05, 3.63) is 29.2 Å². The molecular formula is C15H19N3O2. The van der Waals surface area contributed by atoms with E-state index in [1.54, 1.807) is 0 Å². The van der Waals surface area contributed by atoms with Gasteiger partial charge >= 0.3 is 0 Å². The van der Waals surface area contributed by atoms with Gasteiger partial charge in [-0.15, -0.1) is 0 Å². The maximum atomic E-state index is 9.79. The van der Waals surface area contributed by atoms with Crippen molar-refractivity contribution in [3.63, 3.8) is 0 Å². The molecule has 0 aliphatic heterocycles. The molecular weight excluding hydrogens is 254 g/mol. The molecule has 20 heavy (non-hydrogen) atoms. The lowest BCUT2D eigenvalue weighted by Gasteiger charge is -2.36. The number of rotatable bonds is 3. The highest BCUT2D eigenvalue weighted by molar-refractivity contribution is 5.60. The number of phenolic OH excluding ortho intramolecular Hbond substituents is 1. The van der Waals surface area contributed by atoms with Gasteiger partial charge in [0.2, 0.25) is 11.7 Å². The Bertz CT molecular complexity index is 621. The van der Waals surface area contributed by atoms with Crippen molar-refractivity contribution >= 4 is 0 Å². The largest absolute Gasteiger partial charge is 0.507 e. The molecule has 1 heterocycles. The van der Waals surface area contributed by atoms with E-state index in [-0.39, 0.29) is 5.54 Å². The van der Waals surface area contributed by atoms with E-state index in [1.165, 1.54) is 6.42 Å². The van der Waals surface area contributed by atoms with Crippen LogP contribution in [0.3, 0.4) is 0 Å². The summed E-state index contributed by atoms with van der Waals surface area (Å²) in [6, 6.07) is 3.72. The molecule has 1 fully saturated rings. The minimum atomic E-state index is -0.162. The van der Waals surface area contributed by atoms with Gasteiger partial charge in [0.05, 0.1) is 0 Å². The Morgan fingerprint density at radius 3 is 2.50 bits per heavy atom. The molecule has 5 heteroatoms. The molecule has 1 aliphatic rings. The molecule has 3 rings (SSSR count). The lowest BCUT2D eigenvalue weighted by atomic mass is 9.75. The minimum Gasteiger partial charge on any atom is -0.507 e. The van der Waals surface area contributed by atoms with Gasteiger partial charge in [0.1, 0.15) is 5.75 Å². The third-order valence-corrected chi connectivity index (χ3v) is 4.07. The van der Waals surface area contributed by atoms with E-state index >= 15 is 0 Å². The summed E-state index contributed by atoms with van der Waals surface area (Å²) in [5.41, 5.74) is 8.49. The van der Waals surface area contributed by atoms with Crippen LogP contribution in [0.2, 0.25) is 0 Å². The van der Waals surface area contributed by atoms with Gasteiger partial charge in [0, 0.05) is 17.5 Å². The van der Waals surface area contributed by atoms with E-state index in [0.29, 0.717) is 23.9 Å². The van der Waals surface area contributed by atoms with E-state index in [0.717, 1.165) is 29.5 Å². The van der Waals surface area contributed by atoms with Crippen LogP contribution >= 0.6 is 0 Å². The molecule has 5 nitrogen and oxygen atoms in total. The van der Waals surface area contributed by atoms with Crippen LogP contribution in [-0.2, 0) is 6.42 Å². The lowest BCUT2D eigenvalue weighted by molar-refractivity contribution is 0.222. The van der Waals surface area contributed by atoms with Crippen molar-refractivity contribution in [1.29, 1.82) is 0 Å². The van der Waals surface area contributed by atoms with Gasteiger partial charge in [-0.1, -0.05) is 5.16 Å². The zero-order valence-electron chi connectivity index (χ0n) is 11.8. The van der Waals surface area contributed by atoms with Crippen LogP contribution < -0.4 is 5.73 Å². The van der Waals surface area contributed by atoms with E-state index < -0.39 is 0 Å². The zero-order valence-corrected chi connectivity index (χ0v) is 11.8. The topological polar surface area (TPSA) is 85.2 Å². The molecule has 0 bridgehead atoms. The number of nitrogens with zero attached hydrogens (tertiary/aromatic N) is 2. The highest BCUT2D eigenvalue weighted by Crippen LogP contribution is 2.33. The molecule has 0 atom stereocenters. The van der Waals surface area contributed by atoms with Crippen molar-refractivity contribution in [2.24, 2.45) is 5.73 Å². The van der Waals surface area contributed by atoms with Gasteiger partial charge in [-0.3, -0.25) is 0 Å². The Labute approximate surface area is 117 Å².